The normalized spacial score (nSPS) is 11.6. The molecule has 0 radical (unpaired) electrons. The third kappa shape index (κ3) is 4.29. The molecule has 0 spiro atoms. The van der Waals surface area contributed by atoms with Crippen LogP contribution in [0.1, 0.15) is 30.0 Å². The molecule has 98 valence electrons. The van der Waals surface area contributed by atoms with E-state index in [2.05, 4.69) is 44.2 Å². The van der Waals surface area contributed by atoms with Gasteiger partial charge < -0.3 is 5.11 Å². The van der Waals surface area contributed by atoms with Gasteiger partial charge >= 0.3 is 0 Å². The van der Waals surface area contributed by atoms with E-state index in [1.54, 1.807) is 12.1 Å². The monoisotopic (exact) mass is 252 g/mol. The van der Waals surface area contributed by atoms with E-state index in [-0.39, 0.29) is 0 Å². The van der Waals surface area contributed by atoms with E-state index in [0.29, 0.717) is 5.75 Å². The highest BCUT2D eigenvalue weighted by Gasteiger charge is 1.96. The summed E-state index contributed by atoms with van der Waals surface area (Å²) in [5, 5.41) is 9.24. The van der Waals surface area contributed by atoms with Gasteiger partial charge in [0.25, 0.3) is 0 Å². The topological polar surface area (TPSA) is 20.2 Å². The second kappa shape index (κ2) is 6.24. The second-order valence-corrected chi connectivity index (χ2v) is 5.07. The van der Waals surface area contributed by atoms with E-state index in [0.717, 1.165) is 12.8 Å². The molecule has 0 heterocycles. The van der Waals surface area contributed by atoms with E-state index in [9.17, 15) is 5.11 Å². The van der Waals surface area contributed by atoms with Crippen LogP contribution < -0.4 is 0 Å². The molecule has 1 heteroatoms. The summed E-state index contributed by atoms with van der Waals surface area (Å²) >= 11 is 0. The summed E-state index contributed by atoms with van der Waals surface area (Å²) in [6, 6.07) is 16.0. The fourth-order valence-electron chi connectivity index (χ4n) is 2.12. The molecule has 2 rings (SSSR count). The number of phenolic OH excluding ortho intramolecular Hbond substituents is 1. The highest BCUT2D eigenvalue weighted by Crippen LogP contribution is 2.16. The smallest absolute Gasteiger partial charge is 0.115 e. The van der Waals surface area contributed by atoms with Crippen molar-refractivity contribution in [2.24, 2.45) is 0 Å². The Morgan fingerprint density at radius 2 is 1.84 bits per heavy atom. The minimum Gasteiger partial charge on any atom is -0.508 e. The number of rotatable bonds is 4. The van der Waals surface area contributed by atoms with Gasteiger partial charge in [0, 0.05) is 0 Å². The lowest BCUT2D eigenvalue weighted by molar-refractivity contribution is 0.475. The van der Waals surface area contributed by atoms with Crippen LogP contribution in [0.4, 0.5) is 0 Å². The molecule has 0 saturated heterocycles. The van der Waals surface area contributed by atoms with Gasteiger partial charge in [0.1, 0.15) is 5.75 Å². The Kier molecular flexibility index (Phi) is 4.40. The maximum atomic E-state index is 9.24. The first-order chi connectivity index (χ1) is 9.13. The third-order valence-electron chi connectivity index (χ3n) is 3.20. The molecular weight excluding hydrogens is 232 g/mol. The van der Waals surface area contributed by atoms with E-state index in [1.165, 1.54) is 22.3 Å². The molecule has 1 N–H and O–H groups in total. The second-order valence-electron chi connectivity index (χ2n) is 5.07. The molecule has 0 aliphatic heterocycles. The van der Waals surface area contributed by atoms with Crippen molar-refractivity contribution < 1.29 is 5.11 Å². The summed E-state index contributed by atoms with van der Waals surface area (Å²) in [6.07, 6.45) is 4.29. The zero-order valence-electron chi connectivity index (χ0n) is 11.6. The Hall–Kier alpha value is -2.02. The zero-order valence-corrected chi connectivity index (χ0v) is 11.6. The van der Waals surface area contributed by atoms with Gasteiger partial charge in [-0.15, -0.1) is 0 Å². The third-order valence-corrected chi connectivity index (χ3v) is 3.20. The molecule has 0 aliphatic carbocycles. The van der Waals surface area contributed by atoms with Gasteiger partial charge in [-0.1, -0.05) is 53.6 Å². The predicted molar refractivity (Wildman–Crippen MR) is 81.3 cm³/mol. The number of aryl methyl sites for hydroxylation is 2. The van der Waals surface area contributed by atoms with Crippen molar-refractivity contribution in [3.05, 3.63) is 70.8 Å². The molecule has 0 aliphatic rings. The Bertz CT molecular complexity index is 564. The Morgan fingerprint density at radius 1 is 1.11 bits per heavy atom. The number of allylic oxidation sites excluding steroid dienone is 1. The maximum Gasteiger partial charge on any atom is 0.115 e. The van der Waals surface area contributed by atoms with Crippen molar-refractivity contribution in [1.82, 2.24) is 0 Å². The minimum atomic E-state index is 0.329. The van der Waals surface area contributed by atoms with E-state index < -0.39 is 0 Å². The number of hydrogen-bond donors (Lipinski definition) is 1. The number of benzene rings is 2. The van der Waals surface area contributed by atoms with Crippen LogP contribution >= 0.6 is 0 Å². The van der Waals surface area contributed by atoms with Crippen molar-refractivity contribution in [3.63, 3.8) is 0 Å². The standard InChI is InChI=1S/C18H20O/c1-14-4-3-5-17(12-14)13-15(2)6-7-16-8-10-18(19)11-9-16/h3-5,8-13,19H,6-7H2,1-2H3. The quantitative estimate of drug-likeness (QED) is 0.833. The first-order valence-corrected chi connectivity index (χ1v) is 6.65. The van der Waals surface area contributed by atoms with E-state index in [1.807, 2.05) is 12.1 Å². The van der Waals surface area contributed by atoms with Gasteiger partial charge in [0.15, 0.2) is 0 Å². The van der Waals surface area contributed by atoms with Crippen molar-refractivity contribution >= 4 is 6.08 Å². The van der Waals surface area contributed by atoms with Crippen LogP contribution in [0.2, 0.25) is 0 Å². The highest BCUT2D eigenvalue weighted by molar-refractivity contribution is 5.53. The fraction of sp³-hybridized carbons (Fsp3) is 0.222. The lowest BCUT2D eigenvalue weighted by Gasteiger charge is -2.04. The first kappa shape index (κ1) is 13.4. The van der Waals surface area contributed by atoms with Crippen molar-refractivity contribution in [2.45, 2.75) is 26.7 Å². The molecule has 0 unspecified atom stereocenters. The summed E-state index contributed by atoms with van der Waals surface area (Å²) in [5.41, 5.74) is 5.19. The van der Waals surface area contributed by atoms with Crippen LogP contribution in [0.25, 0.3) is 6.08 Å². The average Bonchev–Trinajstić information content (AvgIpc) is 2.38. The minimum absolute atomic E-state index is 0.329. The lowest BCUT2D eigenvalue weighted by atomic mass is 10.0. The van der Waals surface area contributed by atoms with Gasteiger partial charge in [-0.25, -0.2) is 0 Å². The number of hydrogen-bond acceptors (Lipinski definition) is 1. The highest BCUT2D eigenvalue weighted by atomic mass is 16.3. The van der Waals surface area contributed by atoms with Crippen LogP contribution in [0.15, 0.2) is 54.1 Å². The van der Waals surface area contributed by atoms with Gasteiger partial charge in [-0.3, -0.25) is 0 Å². The average molecular weight is 252 g/mol. The fourth-order valence-corrected chi connectivity index (χ4v) is 2.12. The van der Waals surface area contributed by atoms with Gasteiger partial charge in [0.2, 0.25) is 0 Å². The summed E-state index contributed by atoms with van der Waals surface area (Å²) in [7, 11) is 0. The lowest BCUT2D eigenvalue weighted by Crippen LogP contribution is -1.86. The summed E-state index contributed by atoms with van der Waals surface area (Å²) < 4.78 is 0. The Balaban J connectivity index is 1.97. The van der Waals surface area contributed by atoms with Crippen molar-refractivity contribution in [1.29, 1.82) is 0 Å². The molecule has 0 aromatic heterocycles. The van der Waals surface area contributed by atoms with Crippen LogP contribution in [-0.2, 0) is 6.42 Å². The molecule has 0 atom stereocenters. The molecule has 0 fully saturated rings. The number of aromatic hydroxyl groups is 1. The van der Waals surface area contributed by atoms with Gasteiger partial charge in [-0.2, -0.15) is 0 Å². The molecule has 0 bridgehead atoms. The molecular formula is C18H20O. The molecule has 1 nitrogen and oxygen atoms in total. The van der Waals surface area contributed by atoms with E-state index >= 15 is 0 Å². The predicted octanol–water partition coefficient (Wildman–Crippen LogP) is 4.74. The molecule has 19 heavy (non-hydrogen) atoms. The Labute approximate surface area is 115 Å². The van der Waals surface area contributed by atoms with Crippen LogP contribution in [0, 0.1) is 6.92 Å². The van der Waals surface area contributed by atoms with Crippen LogP contribution in [0.3, 0.4) is 0 Å². The molecule has 2 aromatic carbocycles. The summed E-state index contributed by atoms with van der Waals surface area (Å²) in [6.45, 7) is 4.28. The first-order valence-electron chi connectivity index (χ1n) is 6.65. The zero-order chi connectivity index (χ0) is 13.7. The molecule has 2 aromatic rings. The summed E-state index contributed by atoms with van der Waals surface area (Å²) in [4.78, 5) is 0. The largest absolute Gasteiger partial charge is 0.508 e. The van der Waals surface area contributed by atoms with Gasteiger partial charge in [0.05, 0.1) is 0 Å². The van der Waals surface area contributed by atoms with Gasteiger partial charge in [-0.05, 0) is 49.9 Å². The van der Waals surface area contributed by atoms with Crippen LogP contribution in [-0.4, -0.2) is 5.11 Å². The Morgan fingerprint density at radius 3 is 2.53 bits per heavy atom. The number of phenols is 1. The van der Waals surface area contributed by atoms with Crippen LogP contribution in [0.5, 0.6) is 5.75 Å². The molecule has 0 saturated carbocycles. The summed E-state index contributed by atoms with van der Waals surface area (Å²) in [5.74, 6) is 0.329. The van der Waals surface area contributed by atoms with E-state index in [4.69, 9.17) is 0 Å². The van der Waals surface area contributed by atoms with Crippen molar-refractivity contribution in [2.75, 3.05) is 0 Å². The molecule has 0 amide bonds. The van der Waals surface area contributed by atoms with Crippen molar-refractivity contribution in [3.8, 4) is 5.75 Å². The SMILES string of the molecule is CC(=Cc1cccc(C)c1)CCc1ccc(O)cc1. The maximum absolute atomic E-state index is 9.24.